The highest BCUT2D eigenvalue weighted by molar-refractivity contribution is 7.90. The van der Waals surface area contributed by atoms with Crippen molar-refractivity contribution in [2.45, 2.75) is 38.6 Å². The Morgan fingerprint density at radius 2 is 2.05 bits per heavy atom. The summed E-state index contributed by atoms with van der Waals surface area (Å²) in [5.41, 5.74) is 0. The number of piperidine rings is 1. The van der Waals surface area contributed by atoms with Crippen LogP contribution in [-0.4, -0.2) is 42.6 Å². The van der Waals surface area contributed by atoms with Crippen LogP contribution in [0, 0.1) is 5.92 Å². The van der Waals surface area contributed by atoms with Crippen LogP contribution in [0.4, 0.5) is 6.01 Å². The van der Waals surface area contributed by atoms with Crippen molar-refractivity contribution < 1.29 is 12.8 Å². The fraction of sp³-hybridized carbons (Fsp3) is 0.833. The maximum absolute atomic E-state index is 12.3. The first-order chi connectivity index (χ1) is 10.0. The van der Waals surface area contributed by atoms with E-state index in [4.69, 9.17) is 4.42 Å². The van der Waals surface area contributed by atoms with E-state index < -0.39 is 10.2 Å². The lowest BCUT2D eigenvalue weighted by atomic mass is 10.0. The Balaban J connectivity index is 1.65. The zero-order valence-corrected chi connectivity index (χ0v) is 12.9. The second kappa shape index (κ2) is 5.90. The summed E-state index contributed by atoms with van der Waals surface area (Å²) in [6.45, 7) is 4.11. The second-order valence-electron chi connectivity index (χ2n) is 5.78. The Bertz CT molecular complexity index is 573. The number of hydrogen-bond donors (Lipinski definition) is 2. The van der Waals surface area contributed by atoms with Gasteiger partial charge in [-0.05, 0) is 38.1 Å². The minimum absolute atomic E-state index is 0.0339. The van der Waals surface area contributed by atoms with Gasteiger partial charge in [-0.15, -0.1) is 5.10 Å². The molecule has 8 nitrogen and oxygen atoms in total. The van der Waals surface area contributed by atoms with Crippen LogP contribution < -0.4 is 10.0 Å². The standard InChI is InChI=1S/C12H21N5O3S/c1-9-4-7-17(8-5-9)21(18,19)16-12-15-14-11(20-12)10-3-2-6-13-10/h9-10,13H,2-8H2,1H3,(H,15,16). The molecule has 1 aromatic heterocycles. The molecule has 0 saturated carbocycles. The molecule has 2 saturated heterocycles. The first kappa shape index (κ1) is 14.7. The highest BCUT2D eigenvalue weighted by atomic mass is 32.2. The molecule has 0 aliphatic carbocycles. The molecule has 3 heterocycles. The number of aromatic nitrogens is 2. The van der Waals surface area contributed by atoms with Crippen LogP contribution in [0.2, 0.25) is 0 Å². The molecule has 9 heteroatoms. The van der Waals surface area contributed by atoms with Gasteiger partial charge in [0.15, 0.2) is 0 Å². The first-order valence-corrected chi connectivity index (χ1v) is 8.83. The summed E-state index contributed by atoms with van der Waals surface area (Å²) in [6, 6.07) is -0.0242. The van der Waals surface area contributed by atoms with Gasteiger partial charge in [0.25, 0.3) is 0 Å². The second-order valence-corrected chi connectivity index (χ2v) is 7.45. The molecular formula is C12H21N5O3S. The van der Waals surface area contributed by atoms with Gasteiger partial charge in [-0.2, -0.15) is 12.7 Å². The maximum Gasteiger partial charge on any atom is 0.330 e. The van der Waals surface area contributed by atoms with Gasteiger partial charge in [-0.3, -0.25) is 0 Å². The third-order valence-corrected chi connectivity index (χ3v) is 5.58. The molecule has 2 aliphatic rings. The molecule has 0 radical (unpaired) electrons. The Hall–Kier alpha value is -1.19. The zero-order valence-electron chi connectivity index (χ0n) is 12.1. The highest BCUT2D eigenvalue weighted by Crippen LogP contribution is 2.24. The van der Waals surface area contributed by atoms with E-state index in [1.54, 1.807) is 0 Å². The third kappa shape index (κ3) is 3.35. The average molecular weight is 315 g/mol. The fourth-order valence-electron chi connectivity index (χ4n) is 2.71. The van der Waals surface area contributed by atoms with Crippen LogP contribution in [0.15, 0.2) is 4.42 Å². The molecule has 3 rings (SSSR count). The number of hydrogen-bond acceptors (Lipinski definition) is 6. The van der Waals surface area contributed by atoms with Crippen molar-refractivity contribution in [3.8, 4) is 0 Å². The summed E-state index contributed by atoms with van der Waals surface area (Å²) in [6.07, 6.45) is 3.74. The molecule has 118 valence electrons. The summed E-state index contributed by atoms with van der Waals surface area (Å²) < 4.78 is 33.8. The lowest BCUT2D eigenvalue weighted by molar-refractivity contribution is 0.289. The summed E-state index contributed by atoms with van der Waals surface area (Å²) in [5.74, 6) is 1.01. The van der Waals surface area contributed by atoms with E-state index in [2.05, 4.69) is 27.2 Å². The van der Waals surface area contributed by atoms with E-state index in [1.807, 2.05) is 0 Å². The van der Waals surface area contributed by atoms with Crippen LogP contribution in [0.25, 0.3) is 0 Å². The maximum atomic E-state index is 12.3. The predicted molar refractivity (Wildman–Crippen MR) is 76.8 cm³/mol. The van der Waals surface area contributed by atoms with E-state index >= 15 is 0 Å². The van der Waals surface area contributed by atoms with E-state index in [9.17, 15) is 8.42 Å². The summed E-state index contributed by atoms with van der Waals surface area (Å²) >= 11 is 0. The Morgan fingerprint density at radius 3 is 2.71 bits per heavy atom. The molecule has 1 atom stereocenters. The quantitative estimate of drug-likeness (QED) is 0.855. The predicted octanol–water partition coefficient (Wildman–Crippen LogP) is 0.883. The van der Waals surface area contributed by atoms with Gasteiger partial charge in [-0.1, -0.05) is 12.0 Å². The highest BCUT2D eigenvalue weighted by Gasteiger charge is 2.29. The van der Waals surface area contributed by atoms with Gasteiger partial charge in [-0.25, -0.2) is 4.72 Å². The normalized spacial score (nSPS) is 25.3. The topological polar surface area (TPSA) is 100 Å². The Labute approximate surface area is 124 Å². The van der Waals surface area contributed by atoms with Crippen LogP contribution >= 0.6 is 0 Å². The van der Waals surface area contributed by atoms with Crippen LogP contribution in [0.5, 0.6) is 0 Å². The zero-order chi connectivity index (χ0) is 14.9. The minimum Gasteiger partial charge on any atom is -0.406 e. The van der Waals surface area contributed by atoms with Gasteiger partial charge >= 0.3 is 16.2 Å². The van der Waals surface area contributed by atoms with Crippen molar-refractivity contribution in [3.05, 3.63) is 5.89 Å². The summed E-state index contributed by atoms with van der Waals surface area (Å²) in [5, 5.41) is 10.9. The molecular weight excluding hydrogens is 294 g/mol. The fourth-order valence-corrected chi connectivity index (χ4v) is 3.84. The van der Waals surface area contributed by atoms with E-state index in [-0.39, 0.29) is 12.1 Å². The third-order valence-electron chi connectivity index (χ3n) is 4.10. The van der Waals surface area contributed by atoms with Crippen molar-refractivity contribution >= 4 is 16.2 Å². The van der Waals surface area contributed by atoms with Crippen molar-refractivity contribution in [2.24, 2.45) is 5.92 Å². The first-order valence-electron chi connectivity index (χ1n) is 7.39. The van der Waals surface area contributed by atoms with E-state index in [1.165, 1.54) is 4.31 Å². The molecule has 2 fully saturated rings. The largest absolute Gasteiger partial charge is 0.406 e. The van der Waals surface area contributed by atoms with Gasteiger partial charge in [0.05, 0.1) is 6.04 Å². The van der Waals surface area contributed by atoms with Crippen LogP contribution in [0.1, 0.15) is 44.5 Å². The van der Waals surface area contributed by atoms with Gasteiger partial charge in [0.1, 0.15) is 0 Å². The summed E-state index contributed by atoms with van der Waals surface area (Å²) in [4.78, 5) is 0. The number of nitrogens with one attached hydrogen (secondary N) is 2. The minimum atomic E-state index is -3.60. The Morgan fingerprint density at radius 1 is 1.29 bits per heavy atom. The SMILES string of the molecule is CC1CCN(S(=O)(=O)Nc2nnc(C3CCCN3)o2)CC1. The van der Waals surface area contributed by atoms with Crippen molar-refractivity contribution in [1.82, 2.24) is 19.8 Å². The molecule has 2 N–H and O–H groups in total. The molecule has 1 unspecified atom stereocenters. The van der Waals surface area contributed by atoms with Crippen molar-refractivity contribution in [2.75, 3.05) is 24.4 Å². The van der Waals surface area contributed by atoms with Crippen molar-refractivity contribution in [3.63, 3.8) is 0 Å². The molecule has 0 spiro atoms. The monoisotopic (exact) mass is 315 g/mol. The van der Waals surface area contributed by atoms with Crippen LogP contribution in [0.3, 0.4) is 0 Å². The molecule has 1 aromatic rings. The average Bonchev–Trinajstić information content (AvgIpc) is 3.09. The Kier molecular flexibility index (Phi) is 4.14. The number of nitrogens with zero attached hydrogens (tertiary/aromatic N) is 3. The molecule has 0 aromatic carbocycles. The molecule has 0 bridgehead atoms. The van der Waals surface area contributed by atoms with E-state index in [0.717, 1.165) is 32.2 Å². The van der Waals surface area contributed by atoms with Crippen molar-refractivity contribution in [1.29, 1.82) is 0 Å². The molecule has 2 aliphatic heterocycles. The number of rotatable bonds is 4. The molecule has 0 amide bonds. The summed E-state index contributed by atoms with van der Waals surface area (Å²) in [7, 11) is -3.60. The van der Waals surface area contributed by atoms with E-state index in [0.29, 0.717) is 24.9 Å². The van der Waals surface area contributed by atoms with Gasteiger partial charge < -0.3 is 9.73 Å². The lowest BCUT2D eigenvalue weighted by Gasteiger charge is -2.28. The van der Waals surface area contributed by atoms with Crippen LogP contribution in [-0.2, 0) is 10.2 Å². The van der Waals surface area contributed by atoms with Gasteiger partial charge in [0.2, 0.25) is 5.89 Å². The van der Waals surface area contributed by atoms with Gasteiger partial charge in [0, 0.05) is 13.1 Å². The molecule has 21 heavy (non-hydrogen) atoms. The lowest BCUT2D eigenvalue weighted by Crippen LogP contribution is -2.41. The number of anilines is 1. The smallest absolute Gasteiger partial charge is 0.330 e.